The summed E-state index contributed by atoms with van der Waals surface area (Å²) in [5, 5.41) is 4.14. The fraction of sp³-hybridized carbons (Fsp3) is 0.364. The summed E-state index contributed by atoms with van der Waals surface area (Å²) >= 11 is 6.78. The average Bonchev–Trinajstić information content (AvgIpc) is 2.94. The molecule has 0 aliphatic carbocycles. The lowest BCUT2D eigenvalue weighted by molar-refractivity contribution is 0.547. The Morgan fingerprint density at radius 2 is 2.21 bits per heavy atom. The number of aromatic nitrogens is 2. The zero-order valence-electron chi connectivity index (χ0n) is 10.3. The second kappa shape index (κ2) is 6.04. The SMILES string of the molecule is Cc1ccnn1CCCNS(=O)(=O)c1ccc(Cl)s1. The van der Waals surface area contributed by atoms with Crippen molar-refractivity contribution in [2.75, 3.05) is 6.54 Å². The van der Waals surface area contributed by atoms with Crippen molar-refractivity contribution in [3.63, 3.8) is 0 Å². The van der Waals surface area contributed by atoms with Crippen molar-refractivity contribution in [2.24, 2.45) is 0 Å². The molecule has 0 bridgehead atoms. The number of hydrogen-bond donors (Lipinski definition) is 1. The van der Waals surface area contributed by atoms with Crippen LogP contribution in [0.1, 0.15) is 12.1 Å². The van der Waals surface area contributed by atoms with Crippen molar-refractivity contribution in [1.82, 2.24) is 14.5 Å². The van der Waals surface area contributed by atoms with Crippen molar-refractivity contribution in [2.45, 2.75) is 24.1 Å². The first kappa shape index (κ1) is 14.5. The summed E-state index contributed by atoms with van der Waals surface area (Å²) in [6.45, 7) is 3.02. The monoisotopic (exact) mass is 319 g/mol. The molecule has 0 atom stereocenters. The van der Waals surface area contributed by atoms with E-state index in [1.165, 1.54) is 6.07 Å². The molecule has 2 rings (SSSR count). The lowest BCUT2D eigenvalue weighted by Gasteiger charge is -2.06. The van der Waals surface area contributed by atoms with E-state index >= 15 is 0 Å². The fourth-order valence-corrected chi connectivity index (χ4v) is 4.18. The molecule has 0 fully saturated rings. The first-order valence-electron chi connectivity index (χ1n) is 5.72. The van der Waals surface area contributed by atoms with Crippen LogP contribution in [0.4, 0.5) is 0 Å². The van der Waals surface area contributed by atoms with Crippen LogP contribution < -0.4 is 4.72 Å². The Hall–Kier alpha value is -0.890. The van der Waals surface area contributed by atoms with Gasteiger partial charge in [0, 0.05) is 25.0 Å². The van der Waals surface area contributed by atoms with Crippen LogP contribution in [-0.4, -0.2) is 24.7 Å². The standard InChI is InChI=1S/C11H14ClN3O2S2/c1-9-5-7-13-15(9)8-2-6-14-19(16,17)11-4-3-10(12)18-11/h3-5,7,14H,2,6,8H2,1H3. The zero-order valence-corrected chi connectivity index (χ0v) is 12.7. The van der Waals surface area contributed by atoms with E-state index in [2.05, 4.69) is 9.82 Å². The Bertz CT molecular complexity index is 648. The number of halogens is 1. The van der Waals surface area contributed by atoms with Crippen LogP contribution in [0, 0.1) is 6.92 Å². The van der Waals surface area contributed by atoms with Crippen LogP contribution in [-0.2, 0) is 16.6 Å². The molecule has 0 spiro atoms. The van der Waals surface area contributed by atoms with Crippen molar-refractivity contribution in [1.29, 1.82) is 0 Å². The molecule has 104 valence electrons. The summed E-state index contributed by atoms with van der Waals surface area (Å²) in [5.41, 5.74) is 1.06. The van der Waals surface area contributed by atoms with Crippen LogP contribution in [0.15, 0.2) is 28.6 Å². The number of nitrogens with one attached hydrogen (secondary N) is 1. The average molecular weight is 320 g/mol. The molecule has 2 heterocycles. The Morgan fingerprint density at radius 1 is 1.42 bits per heavy atom. The molecule has 0 amide bonds. The highest BCUT2D eigenvalue weighted by Gasteiger charge is 2.15. The maximum atomic E-state index is 11.9. The molecule has 8 heteroatoms. The Labute approximate surface area is 121 Å². The lowest BCUT2D eigenvalue weighted by Crippen LogP contribution is -2.25. The molecule has 5 nitrogen and oxygen atoms in total. The van der Waals surface area contributed by atoms with Gasteiger partial charge >= 0.3 is 0 Å². The largest absolute Gasteiger partial charge is 0.270 e. The van der Waals surface area contributed by atoms with E-state index in [4.69, 9.17) is 11.6 Å². The third-order valence-corrected chi connectivity index (χ3v) is 5.77. The molecule has 0 saturated carbocycles. The van der Waals surface area contributed by atoms with Crippen LogP contribution in [0.25, 0.3) is 0 Å². The van der Waals surface area contributed by atoms with E-state index < -0.39 is 10.0 Å². The summed E-state index contributed by atoms with van der Waals surface area (Å²) < 4.78 is 28.9. The summed E-state index contributed by atoms with van der Waals surface area (Å²) in [6.07, 6.45) is 2.41. The van der Waals surface area contributed by atoms with Crippen molar-refractivity contribution in [3.8, 4) is 0 Å². The highest BCUT2D eigenvalue weighted by atomic mass is 35.5. The molecule has 0 aromatic carbocycles. The van der Waals surface area contributed by atoms with Gasteiger partial charge in [-0.1, -0.05) is 11.6 Å². The van der Waals surface area contributed by atoms with Crippen molar-refractivity contribution < 1.29 is 8.42 Å². The summed E-state index contributed by atoms with van der Waals surface area (Å²) in [5.74, 6) is 0. The summed E-state index contributed by atoms with van der Waals surface area (Å²) in [7, 11) is -3.44. The van der Waals surface area contributed by atoms with Gasteiger partial charge < -0.3 is 0 Å². The van der Waals surface area contributed by atoms with E-state index in [-0.39, 0.29) is 4.21 Å². The van der Waals surface area contributed by atoms with E-state index in [9.17, 15) is 8.42 Å². The second-order valence-electron chi connectivity index (χ2n) is 4.01. The predicted octanol–water partition coefficient (Wildman–Crippen LogP) is 2.28. The topological polar surface area (TPSA) is 64.0 Å². The normalized spacial score (nSPS) is 11.9. The van der Waals surface area contributed by atoms with Gasteiger partial charge in [-0.2, -0.15) is 5.10 Å². The molecular weight excluding hydrogens is 306 g/mol. The number of hydrogen-bond acceptors (Lipinski definition) is 4. The number of aryl methyl sites for hydroxylation is 2. The number of nitrogens with zero attached hydrogens (tertiary/aromatic N) is 2. The molecule has 0 aliphatic heterocycles. The highest BCUT2D eigenvalue weighted by molar-refractivity contribution is 7.91. The van der Waals surface area contributed by atoms with Gasteiger partial charge in [-0.3, -0.25) is 4.68 Å². The number of thiophene rings is 1. The minimum Gasteiger partial charge on any atom is -0.270 e. The highest BCUT2D eigenvalue weighted by Crippen LogP contribution is 2.25. The first-order valence-corrected chi connectivity index (χ1v) is 8.40. The third-order valence-electron chi connectivity index (χ3n) is 2.58. The molecule has 2 aromatic rings. The van der Waals surface area contributed by atoms with Gasteiger partial charge in [0.05, 0.1) is 4.34 Å². The molecule has 19 heavy (non-hydrogen) atoms. The lowest BCUT2D eigenvalue weighted by atomic mass is 10.4. The van der Waals surface area contributed by atoms with Crippen molar-refractivity contribution >= 4 is 33.0 Å². The summed E-state index contributed by atoms with van der Waals surface area (Å²) in [4.78, 5) is 0. The van der Waals surface area contributed by atoms with E-state index in [0.717, 1.165) is 17.0 Å². The zero-order chi connectivity index (χ0) is 13.9. The summed E-state index contributed by atoms with van der Waals surface area (Å²) in [6, 6.07) is 5.00. The minimum atomic E-state index is -3.44. The van der Waals surface area contributed by atoms with Crippen molar-refractivity contribution in [3.05, 3.63) is 34.4 Å². The van der Waals surface area contributed by atoms with Gasteiger partial charge in [-0.05, 0) is 31.5 Å². The number of sulfonamides is 1. The molecule has 2 aromatic heterocycles. The quantitative estimate of drug-likeness (QED) is 0.831. The van der Waals surface area contributed by atoms with Crippen LogP contribution >= 0.6 is 22.9 Å². The first-order chi connectivity index (χ1) is 8.99. The van der Waals surface area contributed by atoms with Gasteiger partial charge in [0.2, 0.25) is 10.0 Å². The van der Waals surface area contributed by atoms with E-state index in [1.807, 2.05) is 17.7 Å². The molecule has 0 unspecified atom stereocenters. The van der Waals surface area contributed by atoms with Crippen LogP contribution in [0.3, 0.4) is 0 Å². The van der Waals surface area contributed by atoms with Gasteiger partial charge in [0.15, 0.2) is 0 Å². The second-order valence-corrected chi connectivity index (χ2v) is 7.71. The van der Waals surface area contributed by atoms with Crippen LogP contribution in [0.2, 0.25) is 4.34 Å². The van der Waals surface area contributed by atoms with Crippen LogP contribution in [0.5, 0.6) is 0 Å². The van der Waals surface area contributed by atoms with Gasteiger partial charge in [-0.25, -0.2) is 13.1 Å². The fourth-order valence-electron chi connectivity index (χ4n) is 1.58. The molecule has 0 aliphatic rings. The van der Waals surface area contributed by atoms with Gasteiger partial charge in [0.1, 0.15) is 4.21 Å². The predicted molar refractivity (Wildman–Crippen MR) is 76.1 cm³/mol. The van der Waals surface area contributed by atoms with E-state index in [1.54, 1.807) is 12.3 Å². The van der Waals surface area contributed by atoms with Gasteiger partial charge in [0.25, 0.3) is 0 Å². The Morgan fingerprint density at radius 3 is 2.79 bits per heavy atom. The Balaban J connectivity index is 1.84. The smallest absolute Gasteiger partial charge is 0.250 e. The number of rotatable bonds is 6. The van der Waals surface area contributed by atoms with Gasteiger partial charge in [-0.15, -0.1) is 11.3 Å². The molecular formula is C11H14ClN3O2S2. The maximum Gasteiger partial charge on any atom is 0.250 e. The third kappa shape index (κ3) is 3.79. The Kier molecular flexibility index (Phi) is 4.62. The minimum absolute atomic E-state index is 0.243. The molecule has 0 radical (unpaired) electrons. The maximum absolute atomic E-state index is 11.9. The molecule has 1 N–H and O–H groups in total. The molecule has 0 saturated heterocycles. The van der Waals surface area contributed by atoms with E-state index in [0.29, 0.717) is 23.8 Å².